The summed E-state index contributed by atoms with van der Waals surface area (Å²) in [6, 6.07) is 16.0. The molecule has 0 unspecified atom stereocenters. The number of hydrogen-bond donors (Lipinski definition) is 0. The fourth-order valence-corrected chi connectivity index (χ4v) is 4.34. The van der Waals surface area contributed by atoms with Crippen molar-refractivity contribution in [2.45, 2.75) is 52.4 Å². The topological polar surface area (TPSA) is 56.5 Å². The predicted octanol–water partition coefficient (Wildman–Crippen LogP) is 5.23. The zero-order valence-electron chi connectivity index (χ0n) is 19.1. The molecule has 0 aliphatic heterocycles. The lowest BCUT2D eigenvalue weighted by atomic mass is 9.87. The van der Waals surface area contributed by atoms with Gasteiger partial charge in [-0.05, 0) is 53.3 Å². The van der Waals surface area contributed by atoms with Gasteiger partial charge in [-0.1, -0.05) is 76.1 Å². The second-order valence-corrected chi connectivity index (χ2v) is 10.0. The van der Waals surface area contributed by atoms with Crippen molar-refractivity contribution in [1.29, 1.82) is 0 Å². The van der Waals surface area contributed by atoms with Crippen LogP contribution in [-0.4, -0.2) is 21.2 Å². The average Bonchev–Trinajstić information content (AvgIpc) is 3.31. The monoisotopic (exact) mass is 447 g/mol. The number of hydrogen-bond acceptors (Lipinski definition) is 5. The highest BCUT2D eigenvalue weighted by atomic mass is 32.1. The molecule has 0 bridgehead atoms. The van der Waals surface area contributed by atoms with Gasteiger partial charge in [-0.25, -0.2) is 0 Å². The smallest absolute Gasteiger partial charge is 0.291 e. The average molecular weight is 448 g/mol. The van der Waals surface area contributed by atoms with Gasteiger partial charge < -0.3 is 4.74 Å². The molecule has 0 saturated carbocycles. The van der Waals surface area contributed by atoms with Crippen LogP contribution in [0, 0.1) is 0 Å². The van der Waals surface area contributed by atoms with Crippen LogP contribution in [0.3, 0.4) is 0 Å². The number of aromatic nitrogens is 3. The molecule has 0 radical (unpaired) electrons. The summed E-state index contributed by atoms with van der Waals surface area (Å²) in [6.07, 6.45) is 5.31. The Kier molecular flexibility index (Phi) is 6.42. The molecule has 166 valence electrons. The molecule has 2 heterocycles. The highest BCUT2D eigenvalue weighted by molar-refractivity contribution is 7.15. The zero-order chi connectivity index (χ0) is 22.7. The van der Waals surface area contributed by atoms with E-state index in [4.69, 9.17) is 4.74 Å². The Labute approximate surface area is 192 Å². The lowest BCUT2D eigenvalue weighted by molar-refractivity contribution is 0.306. The van der Waals surface area contributed by atoms with E-state index in [-0.39, 0.29) is 11.0 Å². The third kappa shape index (κ3) is 4.91. The maximum atomic E-state index is 12.8. The molecule has 0 amide bonds. The Morgan fingerprint density at radius 1 is 1.03 bits per heavy atom. The lowest BCUT2D eigenvalue weighted by Crippen LogP contribution is -2.23. The number of nitrogens with zero attached hydrogens (tertiary/aromatic N) is 3. The van der Waals surface area contributed by atoms with E-state index in [9.17, 15) is 4.79 Å². The van der Waals surface area contributed by atoms with E-state index in [1.807, 2.05) is 42.5 Å². The summed E-state index contributed by atoms with van der Waals surface area (Å²) in [5.41, 5.74) is 3.09. The zero-order valence-corrected chi connectivity index (χ0v) is 19.9. The first kappa shape index (κ1) is 22.2. The standard InChI is InChI=1S/C26H29N3O2S/c1-5-6-7-16-31-21-14-10-19(11-15-21)23-27-25-29(28-23)24(30)22(32-25)17-18-8-12-20(13-9-18)26(2,3)4/h8-15,17H,5-7,16H2,1-4H3. The lowest BCUT2D eigenvalue weighted by Gasteiger charge is -2.18. The summed E-state index contributed by atoms with van der Waals surface area (Å²) in [6.45, 7) is 9.47. The highest BCUT2D eigenvalue weighted by Gasteiger charge is 2.14. The number of benzene rings is 2. The molecule has 5 nitrogen and oxygen atoms in total. The number of rotatable bonds is 7. The van der Waals surface area contributed by atoms with Gasteiger partial charge in [0.15, 0.2) is 5.82 Å². The summed E-state index contributed by atoms with van der Waals surface area (Å²) in [4.78, 5) is 18.0. The van der Waals surface area contributed by atoms with Crippen molar-refractivity contribution in [3.05, 3.63) is 74.5 Å². The molecule has 0 N–H and O–H groups in total. The minimum atomic E-state index is -0.139. The molecule has 6 heteroatoms. The molecule has 0 spiro atoms. The van der Waals surface area contributed by atoms with Crippen LogP contribution in [0.15, 0.2) is 53.3 Å². The van der Waals surface area contributed by atoms with Gasteiger partial charge in [-0.2, -0.15) is 9.50 Å². The van der Waals surface area contributed by atoms with E-state index >= 15 is 0 Å². The molecule has 32 heavy (non-hydrogen) atoms. The Bertz CT molecular complexity index is 1300. The highest BCUT2D eigenvalue weighted by Crippen LogP contribution is 2.23. The van der Waals surface area contributed by atoms with Gasteiger partial charge in [0.05, 0.1) is 11.1 Å². The Hall–Kier alpha value is -2.99. The third-order valence-corrected chi connectivity index (χ3v) is 6.34. The third-order valence-electron chi connectivity index (χ3n) is 5.39. The van der Waals surface area contributed by atoms with E-state index in [1.165, 1.54) is 34.3 Å². The maximum absolute atomic E-state index is 12.8. The molecule has 0 atom stereocenters. The van der Waals surface area contributed by atoms with Crippen LogP contribution >= 0.6 is 11.3 Å². The van der Waals surface area contributed by atoms with Gasteiger partial charge in [0.2, 0.25) is 4.96 Å². The Balaban J connectivity index is 1.54. The summed E-state index contributed by atoms with van der Waals surface area (Å²) in [5, 5.41) is 4.45. The van der Waals surface area contributed by atoms with E-state index in [2.05, 4.69) is 49.9 Å². The fourth-order valence-electron chi connectivity index (χ4n) is 3.43. The van der Waals surface area contributed by atoms with Crippen molar-refractivity contribution in [3.63, 3.8) is 0 Å². The molecule has 0 fully saturated rings. The van der Waals surface area contributed by atoms with E-state index in [1.54, 1.807) is 0 Å². The molecule has 0 saturated heterocycles. The number of unbranched alkanes of at least 4 members (excludes halogenated alkanes) is 2. The van der Waals surface area contributed by atoms with Gasteiger partial charge in [0.25, 0.3) is 5.56 Å². The minimum Gasteiger partial charge on any atom is -0.494 e. The Morgan fingerprint density at radius 2 is 1.75 bits per heavy atom. The van der Waals surface area contributed by atoms with Crippen LogP contribution in [0.1, 0.15) is 58.1 Å². The van der Waals surface area contributed by atoms with Crippen molar-refractivity contribution < 1.29 is 4.74 Å². The van der Waals surface area contributed by atoms with Crippen LogP contribution in [0.5, 0.6) is 5.75 Å². The molecule has 4 aromatic rings. The van der Waals surface area contributed by atoms with E-state index in [0.717, 1.165) is 29.9 Å². The summed E-state index contributed by atoms with van der Waals surface area (Å²) >= 11 is 1.36. The van der Waals surface area contributed by atoms with Crippen molar-refractivity contribution in [3.8, 4) is 17.1 Å². The van der Waals surface area contributed by atoms with Gasteiger partial charge in [0, 0.05) is 5.56 Å². The largest absolute Gasteiger partial charge is 0.494 e. The molecule has 0 aliphatic carbocycles. The maximum Gasteiger partial charge on any atom is 0.291 e. The van der Waals surface area contributed by atoms with Crippen molar-refractivity contribution in [1.82, 2.24) is 14.6 Å². The van der Waals surface area contributed by atoms with Crippen LogP contribution in [0.2, 0.25) is 0 Å². The van der Waals surface area contributed by atoms with E-state index < -0.39 is 0 Å². The summed E-state index contributed by atoms with van der Waals surface area (Å²) in [5.74, 6) is 1.39. The first-order valence-corrected chi connectivity index (χ1v) is 11.9. The van der Waals surface area contributed by atoms with Crippen LogP contribution in [-0.2, 0) is 5.41 Å². The summed E-state index contributed by atoms with van der Waals surface area (Å²) in [7, 11) is 0. The van der Waals surface area contributed by atoms with Gasteiger partial charge in [-0.15, -0.1) is 5.10 Å². The van der Waals surface area contributed by atoms with Crippen LogP contribution in [0.25, 0.3) is 22.4 Å². The Morgan fingerprint density at radius 3 is 2.38 bits per heavy atom. The predicted molar refractivity (Wildman–Crippen MR) is 132 cm³/mol. The SMILES string of the molecule is CCCCCOc1ccc(-c2nc3sc(=Cc4ccc(C(C)(C)C)cc4)c(=O)n3n2)cc1. The molecule has 2 aromatic carbocycles. The molecular formula is C26H29N3O2S. The first-order chi connectivity index (χ1) is 15.3. The molecule has 4 rings (SSSR count). The summed E-state index contributed by atoms with van der Waals surface area (Å²) < 4.78 is 7.79. The first-order valence-electron chi connectivity index (χ1n) is 11.1. The molecule has 2 aromatic heterocycles. The van der Waals surface area contributed by atoms with Crippen molar-refractivity contribution >= 4 is 22.4 Å². The van der Waals surface area contributed by atoms with Crippen LogP contribution in [0.4, 0.5) is 0 Å². The second-order valence-electron chi connectivity index (χ2n) is 9.00. The van der Waals surface area contributed by atoms with Crippen LogP contribution < -0.4 is 14.8 Å². The normalized spacial score (nSPS) is 12.6. The van der Waals surface area contributed by atoms with Gasteiger partial charge >= 0.3 is 0 Å². The van der Waals surface area contributed by atoms with E-state index in [0.29, 0.717) is 15.3 Å². The van der Waals surface area contributed by atoms with Crippen molar-refractivity contribution in [2.75, 3.05) is 6.61 Å². The van der Waals surface area contributed by atoms with Gasteiger partial charge in [-0.3, -0.25) is 4.79 Å². The number of thiazole rings is 1. The molecule has 0 aliphatic rings. The van der Waals surface area contributed by atoms with Gasteiger partial charge in [0.1, 0.15) is 5.75 Å². The fraction of sp³-hybridized carbons (Fsp3) is 0.346. The quantitative estimate of drug-likeness (QED) is 0.364. The molecular weight excluding hydrogens is 418 g/mol. The minimum absolute atomic E-state index is 0.103. The second kappa shape index (κ2) is 9.25. The number of ether oxygens (including phenoxy) is 1. The van der Waals surface area contributed by atoms with Crippen molar-refractivity contribution in [2.24, 2.45) is 0 Å². The number of fused-ring (bicyclic) bond motifs is 1.